The second-order valence-corrected chi connectivity index (χ2v) is 4.53. The van der Waals surface area contributed by atoms with E-state index < -0.39 is 5.91 Å². The molecule has 0 saturated heterocycles. The molecular formula is C16H19N3O2. The van der Waals surface area contributed by atoms with Gasteiger partial charge in [-0.1, -0.05) is 17.7 Å². The molecule has 0 aliphatic carbocycles. The first kappa shape index (κ1) is 16.4. The van der Waals surface area contributed by atoms with E-state index in [1.807, 2.05) is 38.1 Å². The van der Waals surface area contributed by atoms with Crippen LogP contribution in [0.3, 0.4) is 0 Å². The van der Waals surface area contributed by atoms with Crippen LogP contribution in [-0.4, -0.2) is 23.8 Å². The van der Waals surface area contributed by atoms with E-state index in [9.17, 15) is 9.59 Å². The SMILES string of the molecule is CNC(=O)c1cccc(C)c1.Cc1ccnc(C(N)=O)c1. The number of hydrogen-bond donors (Lipinski definition) is 2. The Balaban J connectivity index is 0.000000211. The average Bonchev–Trinajstić information content (AvgIpc) is 2.47. The van der Waals surface area contributed by atoms with Gasteiger partial charge in [-0.2, -0.15) is 0 Å². The fourth-order valence-corrected chi connectivity index (χ4v) is 1.60. The summed E-state index contributed by atoms with van der Waals surface area (Å²) in [7, 11) is 1.63. The molecule has 2 rings (SSSR count). The van der Waals surface area contributed by atoms with Gasteiger partial charge in [-0.15, -0.1) is 0 Å². The molecule has 5 nitrogen and oxygen atoms in total. The number of carbonyl (C=O) groups excluding carboxylic acids is 2. The van der Waals surface area contributed by atoms with Crippen molar-refractivity contribution in [1.29, 1.82) is 0 Å². The maximum Gasteiger partial charge on any atom is 0.267 e. The fraction of sp³-hybridized carbons (Fsp3) is 0.188. The molecule has 21 heavy (non-hydrogen) atoms. The summed E-state index contributed by atoms with van der Waals surface area (Å²) < 4.78 is 0. The lowest BCUT2D eigenvalue weighted by Crippen LogP contribution is -2.17. The van der Waals surface area contributed by atoms with Gasteiger partial charge in [0, 0.05) is 18.8 Å². The molecule has 0 aliphatic heterocycles. The Morgan fingerprint density at radius 3 is 2.24 bits per heavy atom. The molecule has 1 heterocycles. The van der Waals surface area contributed by atoms with Crippen LogP contribution in [0.25, 0.3) is 0 Å². The van der Waals surface area contributed by atoms with Gasteiger partial charge in [0.05, 0.1) is 0 Å². The fourth-order valence-electron chi connectivity index (χ4n) is 1.60. The number of rotatable bonds is 2. The van der Waals surface area contributed by atoms with Crippen LogP contribution < -0.4 is 11.1 Å². The Morgan fingerprint density at radius 2 is 1.76 bits per heavy atom. The molecule has 0 saturated carbocycles. The van der Waals surface area contributed by atoms with E-state index in [-0.39, 0.29) is 5.91 Å². The van der Waals surface area contributed by atoms with E-state index in [1.165, 1.54) is 0 Å². The first-order valence-corrected chi connectivity index (χ1v) is 6.45. The van der Waals surface area contributed by atoms with Crippen LogP contribution >= 0.6 is 0 Å². The van der Waals surface area contributed by atoms with Gasteiger partial charge in [-0.05, 0) is 43.7 Å². The van der Waals surface area contributed by atoms with Gasteiger partial charge >= 0.3 is 0 Å². The van der Waals surface area contributed by atoms with Gasteiger partial charge in [-0.3, -0.25) is 14.6 Å². The van der Waals surface area contributed by atoms with Crippen molar-refractivity contribution in [3.05, 3.63) is 65.0 Å². The normalized spacial score (nSPS) is 9.29. The smallest absolute Gasteiger partial charge is 0.267 e. The molecule has 0 unspecified atom stereocenters. The second kappa shape index (κ2) is 7.79. The number of carbonyl (C=O) groups is 2. The molecule has 0 aliphatic rings. The lowest BCUT2D eigenvalue weighted by molar-refractivity contribution is 0.0961. The Labute approximate surface area is 124 Å². The quantitative estimate of drug-likeness (QED) is 0.883. The van der Waals surface area contributed by atoms with E-state index in [1.54, 1.807) is 25.4 Å². The maximum atomic E-state index is 11.1. The predicted molar refractivity (Wildman–Crippen MR) is 82.1 cm³/mol. The number of nitrogens with two attached hydrogens (primary N) is 1. The molecule has 0 spiro atoms. The van der Waals surface area contributed by atoms with Gasteiger partial charge in [0.25, 0.3) is 11.8 Å². The van der Waals surface area contributed by atoms with Gasteiger partial charge in [0.15, 0.2) is 0 Å². The largest absolute Gasteiger partial charge is 0.364 e. The van der Waals surface area contributed by atoms with Crippen molar-refractivity contribution in [2.75, 3.05) is 7.05 Å². The minimum atomic E-state index is -0.483. The van der Waals surface area contributed by atoms with Crippen molar-refractivity contribution in [2.24, 2.45) is 5.73 Å². The molecule has 5 heteroatoms. The highest BCUT2D eigenvalue weighted by atomic mass is 16.2. The summed E-state index contributed by atoms with van der Waals surface area (Å²) in [5.41, 5.74) is 8.11. The molecule has 110 valence electrons. The number of hydrogen-bond acceptors (Lipinski definition) is 3. The molecular weight excluding hydrogens is 266 g/mol. The van der Waals surface area contributed by atoms with Crippen LogP contribution in [0, 0.1) is 13.8 Å². The van der Waals surface area contributed by atoms with E-state index in [4.69, 9.17) is 5.73 Å². The van der Waals surface area contributed by atoms with E-state index in [2.05, 4.69) is 10.3 Å². The summed E-state index contributed by atoms with van der Waals surface area (Å²) in [4.78, 5) is 25.3. The highest BCUT2D eigenvalue weighted by molar-refractivity contribution is 5.94. The van der Waals surface area contributed by atoms with Crippen molar-refractivity contribution in [3.63, 3.8) is 0 Å². The topological polar surface area (TPSA) is 85.1 Å². The maximum absolute atomic E-state index is 11.1. The average molecular weight is 285 g/mol. The van der Waals surface area contributed by atoms with E-state index >= 15 is 0 Å². The minimum absolute atomic E-state index is 0.0336. The summed E-state index contributed by atoms with van der Waals surface area (Å²) in [6.45, 7) is 3.85. The van der Waals surface area contributed by atoms with Gasteiger partial charge in [-0.25, -0.2) is 0 Å². The van der Waals surface area contributed by atoms with Crippen molar-refractivity contribution in [2.45, 2.75) is 13.8 Å². The molecule has 1 aromatic carbocycles. The molecule has 2 aromatic rings. The molecule has 0 fully saturated rings. The third kappa shape index (κ3) is 5.44. The van der Waals surface area contributed by atoms with Gasteiger partial charge < -0.3 is 11.1 Å². The van der Waals surface area contributed by atoms with Crippen LogP contribution in [0.4, 0.5) is 0 Å². The Bertz CT molecular complexity index is 639. The van der Waals surface area contributed by atoms with Crippen LogP contribution in [0.15, 0.2) is 42.6 Å². The number of amides is 2. The van der Waals surface area contributed by atoms with E-state index in [0.29, 0.717) is 11.3 Å². The van der Waals surface area contributed by atoms with E-state index in [0.717, 1.165) is 11.1 Å². The third-order valence-corrected chi connectivity index (χ3v) is 2.68. The summed E-state index contributed by atoms with van der Waals surface area (Å²) in [6.07, 6.45) is 1.56. The minimum Gasteiger partial charge on any atom is -0.364 e. The monoisotopic (exact) mass is 285 g/mol. The number of benzene rings is 1. The van der Waals surface area contributed by atoms with Gasteiger partial charge in [0.1, 0.15) is 5.69 Å². The van der Waals surface area contributed by atoms with Crippen LogP contribution in [-0.2, 0) is 0 Å². The first-order chi connectivity index (χ1) is 9.93. The predicted octanol–water partition coefficient (Wildman–Crippen LogP) is 1.84. The molecule has 3 N–H and O–H groups in total. The standard InChI is InChI=1S/C9H11NO.C7H8N2O/c1-7-4-3-5-8(6-7)9(11)10-2;1-5-2-3-9-6(4-5)7(8)10/h3-6H,1-2H3,(H,10,11);2-4H,1H3,(H2,8,10). The first-order valence-electron chi connectivity index (χ1n) is 6.45. The second-order valence-electron chi connectivity index (χ2n) is 4.53. The summed E-state index contributed by atoms with van der Waals surface area (Å²) in [6, 6.07) is 11.0. The molecule has 0 radical (unpaired) electrons. The van der Waals surface area contributed by atoms with Crippen LogP contribution in [0.1, 0.15) is 32.0 Å². The zero-order valence-corrected chi connectivity index (χ0v) is 12.4. The summed E-state index contributed by atoms with van der Waals surface area (Å²) in [5.74, 6) is -0.516. The van der Waals surface area contributed by atoms with Gasteiger partial charge in [0.2, 0.25) is 0 Å². The number of pyridine rings is 1. The van der Waals surface area contributed by atoms with Crippen molar-refractivity contribution in [1.82, 2.24) is 10.3 Å². The number of aryl methyl sites for hydroxylation is 2. The summed E-state index contributed by atoms with van der Waals surface area (Å²) in [5, 5.41) is 2.57. The van der Waals surface area contributed by atoms with Crippen LogP contribution in [0.5, 0.6) is 0 Å². The zero-order valence-electron chi connectivity index (χ0n) is 12.4. The lowest BCUT2D eigenvalue weighted by Gasteiger charge is -1.99. The molecule has 0 atom stereocenters. The molecule has 1 aromatic heterocycles. The van der Waals surface area contributed by atoms with Crippen molar-refractivity contribution in [3.8, 4) is 0 Å². The highest BCUT2D eigenvalue weighted by Gasteiger charge is 2.00. The summed E-state index contributed by atoms with van der Waals surface area (Å²) >= 11 is 0. The Hall–Kier alpha value is -2.69. The van der Waals surface area contributed by atoms with Crippen LogP contribution in [0.2, 0.25) is 0 Å². The van der Waals surface area contributed by atoms with Crippen molar-refractivity contribution >= 4 is 11.8 Å². The number of primary amides is 1. The number of aromatic nitrogens is 1. The third-order valence-electron chi connectivity index (χ3n) is 2.68. The highest BCUT2D eigenvalue weighted by Crippen LogP contribution is 2.02. The molecule has 0 bridgehead atoms. The molecule has 2 amide bonds. The Kier molecular flexibility index (Phi) is 6.07. The number of nitrogens with one attached hydrogen (secondary N) is 1. The lowest BCUT2D eigenvalue weighted by atomic mass is 10.1. The van der Waals surface area contributed by atoms with Crippen molar-refractivity contribution < 1.29 is 9.59 Å². The number of nitrogens with zero attached hydrogens (tertiary/aromatic N) is 1. The zero-order chi connectivity index (χ0) is 15.8. The Morgan fingerprint density at radius 1 is 1.10 bits per heavy atom.